The third kappa shape index (κ3) is 4.39. The molecule has 8 heteroatoms. The molecule has 0 aromatic carbocycles. The van der Waals surface area contributed by atoms with Crippen molar-refractivity contribution in [2.75, 3.05) is 13.6 Å². The molecule has 1 saturated heterocycles. The van der Waals surface area contributed by atoms with E-state index in [4.69, 9.17) is 4.52 Å². The van der Waals surface area contributed by atoms with Crippen molar-refractivity contribution >= 4 is 5.91 Å². The first-order chi connectivity index (χ1) is 11.8. The Kier molecular flexibility index (Phi) is 4.80. The van der Waals surface area contributed by atoms with Crippen LogP contribution in [0.1, 0.15) is 45.5 Å². The fourth-order valence-electron chi connectivity index (χ4n) is 3.04. The number of aromatic nitrogens is 4. The van der Waals surface area contributed by atoms with Crippen molar-refractivity contribution in [1.29, 1.82) is 0 Å². The highest BCUT2D eigenvalue weighted by Gasteiger charge is 2.35. The predicted octanol–water partition coefficient (Wildman–Crippen LogP) is 1.82. The fourth-order valence-corrected chi connectivity index (χ4v) is 3.04. The van der Waals surface area contributed by atoms with Gasteiger partial charge in [-0.15, -0.1) is 0 Å². The van der Waals surface area contributed by atoms with Gasteiger partial charge < -0.3 is 9.84 Å². The predicted molar refractivity (Wildman–Crippen MR) is 91.3 cm³/mol. The molecule has 0 unspecified atom stereocenters. The van der Waals surface area contributed by atoms with E-state index in [1.165, 1.54) is 0 Å². The second-order valence-corrected chi connectivity index (χ2v) is 7.74. The van der Waals surface area contributed by atoms with Crippen LogP contribution in [-0.2, 0) is 4.79 Å². The highest BCUT2D eigenvalue weighted by atomic mass is 16.5. The maximum absolute atomic E-state index is 12.2. The summed E-state index contributed by atoms with van der Waals surface area (Å²) in [5.41, 5.74) is 0.555. The summed E-state index contributed by atoms with van der Waals surface area (Å²) in [6.45, 7) is 6.93. The number of carbonyl (C=O) groups is 1. The van der Waals surface area contributed by atoms with E-state index in [0.717, 1.165) is 13.0 Å². The summed E-state index contributed by atoms with van der Waals surface area (Å²) in [5.74, 6) is 1.05. The van der Waals surface area contributed by atoms with E-state index >= 15 is 0 Å². The summed E-state index contributed by atoms with van der Waals surface area (Å²) in [7, 11) is 1.99. The van der Waals surface area contributed by atoms with Crippen molar-refractivity contribution in [2.24, 2.45) is 5.41 Å². The lowest BCUT2D eigenvalue weighted by Crippen LogP contribution is -2.38. The van der Waals surface area contributed by atoms with Crippen molar-refractivity contribution < 1.29 is 9.32 Å². The summed E-state index contributed by atoms with van der Waals surface area (Å²) < 4.78 is 5.42. The molecular weight excluding hydrogens is 320 g/mol. The Bertz CT molecular complexity index is 724. The van der Waals surface area contributed by atoms with E-state index < -0.39 is 0 Å². The summed E-state index contributed by atoms with van der Waals surface area (Å²) in [6, 6.07) is 0.0644. The Hall–Kier alpha value is -2.35. The molecule has 1 N–H and O–H groups in total. The first kappa shape index (κ1) is 17.5. The van der Waals surface area contributed by atoms with Crippen molar-refractivity contribution in [3.63, 3.8) is 0 Å². The number of nitrogens with one attached hydrogen (secondary N) is 1. The van der Waals surface area contributed by atoms with Gasteiger partial charge in [0.1, 0.15) is 5.69 Å². The third-order valence-corrected chi connectivity index (χ3v) is 4.12. The standard InChI is InChI=1S/C17H24N6O2/c1-17(2,3)8-14(24)20-11-7-13(23(4)10-11)16-21-15(22-25-16)12-9-18-5-6-19-12/h5-6,9,11,13H,7-8,10H2,1-4H3,(H,20,24)/t11-,13+/m1/s1. The zero-order chi connectivity index (χ0) is 18.0. The Labute approximate surface area is 147 Å². The molecule has 3 heterocycles. The highest BCUT2D eigenvalue weighted by molar-refractivity contribution is 5.76. The van der Waals surface area contributed by atoms with Gasteiger partial charge in [0, 0.05) is 31.4 Å². The molecule has 0 radical (unpaired) electrons. The smallest absolute Gasteiger partial charge is 0.244 e. The van der Waals surface area contributed by atoms with Crippen LogP contribution in [0.3, 0.4) is 0 Å². The van der Waals surface area contributed by atoms with Gasteiger partial charge in [0.15, 0.2) is 0 Å². The lowest BCUT2D eigenvalue weighted by Gasteiger charge is -2.19. The molecule has 0 spiro atoms. The molecule has 134 valence electrons. The lowest BCUT2D eigenvalue weighted by atomic mass is 9.92. The maximum Gasteiger partial charge on any atom is 0.244 e. The lowest BCUT2D eigenvalue weighted by molar-refractivity contribution is -0.123. The molecule has 3 rings (SSSR count). The number of carbonyl (C=O) groups excluding carboxylic acids is 1. The molecule has 1 amide bonds. The molecule has 8 nitrogen and oxygen atoms in total. The van der Waals surface area contributed by atoms with Crippen LogP contribution >= 0.6 is 0 Å². The van der Waals surface area contributed by atoms with Crippen LogP contribution in [-0.4, -0.2) is 50.5 Å². The zero-order valence-corrected chi connectivity index (χ0v) is 15.1. The molecule has 0 saturated carbocycles. The molecule has 1 fully saturated rings. The number of nitrogens with zero attached hydrogens (tertiary/aromatic N) is 5. The van der Waals surface area contributed by atoms with Gasteiger partial charge in [-0.25, -0.2) is 4.98 Å². The molecule has 1 aliphatic heterocycles. The molecule has 2 aromatic heterocycles. The number of likely N-dealkylation sites (N-methyl/N-ethyl adjacent to an activating group) is 1. The van der Waals surface area contributed by atoms with Crippen LogP contribution in [0.25, 0.3) is 11.5 Å². The van der Waals surface area contributed by atoms with Crippen LogP contribution in [0, 0.1) is 5.41 Å². The fraction of sp³-hybridized carbons (Fsp3) is 0.588. The zero-order valence-electron chi connectivity index (χ0n) is 15.1. The number of hydrogen-bond donors (Lipinski definition) is 1. The van der Waals surface area contributed by atoms with Crippen molar-refractivity contribution in [1.82, 2.24) is 30.3 Å². The van der Waals surface area contributed by atoms with E-state index in [0.29, 0.717) is 23.8 Å². The minimum Gasteiger partial charge on any atom is -0.352 e. The minimum absolute atomic E-state index is 0.0159. The summed E-state index contributed by atoms with van der Waals surface area (Å²) in [5, 5.41) is 7.11. The van der Waals surface area contributed by atoms with Crippen LogP contribution < -0.4 is 5.32 Å². The Morgan fingerprint density at radius 2 is 2.20 bits per heavy atom. The Morgan fingerprint density at radius 1 is 1.40 bits per heavy atom. The van der Waals surface area contributed by atoms with E-state index in [1.54, 1.807) is 18.6 Å². The molecule has 0 bridgehead atoms. The molecule has 1 aliphatic rings. The van der Waals surface area contributed by atoms with Crippen LogP contribution in [0.5, 0.6) is 0 Å². The molecule has 2 atom stereocenters. The number of likely N-dealkylation sites (tertiary alicyclic amines) is 1. The Morgan fingerprint density at radius 3 is 2.88 bits per heavy atom. The summed E-state index contributed by atoms with van der Waals surface area (Å²) >= 11 is 0. The van der Waals surface area contributed by atoms with Gasteiger partial charge in [0.05, 0.1) is 12.2 Å². The van der Waals surface area contributed by atoms with Gasteiger partial charge in [-0.05, 0) is 18.9 Å². The van der Waals surface area contributed by atoms with Crippen molar-refractivity contribution in [2.45, 2.75) is 45.7 Å². The van der Waals surface area contributed by atoms with Gasteiger partial charge in [-0.2, -0.15) is 4.98 Å². The monoisotopic (exact) mass is 344 g/mol. The molecule has 0 aliphatic carbocycles. The summed E-state index contributed by atoms with van der Waals surface area (Å²) in [4.78, 5) is 26.9. The van der Waals surface area contributed by atoms with Crippen LogP contribution in [0.15, 0.2) is 23.1 Å². The highest BCUT2D eigenvalue weighted by Crippen LogP contribution is 2.31. The topological polar surface area (TPSA) is 97.0 Å². The largest absolute Gasteiger partial charge is 0.352 e. The SMILES string of the molecule is CN1C[C@H](NC(=O)CC(C)(C)C)C[C@H]1c1nc(-c2cnccn2)no1. The average molecular weight is 344 g/mol. The second kappa shape index (κ2) is 6.87. The van der Waals surface area contributed by atoms with Gasteiger partial charge in [-0.3, -0.25) is 14.7 Å². The van der Waals surface area contributed by atoms with E-state index in [2.05, 4.69) is 51.1 Å². The molecule has 2 aromatic rings. The minimum atomic E-state index is -0.0217. The molecule has 25 heavy (non-hydrogen) atoms. The second-order valence-electron chi connectivity index (χ2n) is 7.74. The molecular formula is C17H24N6O2. The van der Waals surface area contributed by atoms with Crippen LogP contribution in [0.4, 0.5) is 0 Å². The van der Waals surface area contributed by atoms with Gasteiger partial charge in [0.2, 0.25) is 17.6 Å². The number of amides is 1. The third-order valence-electron chi connectivity index (χ3n) is 4.12. The van der Waals surface area contributed by atoms with E-state index in [9.17, 15) is 4.79 Å². The van der Waals surface area contributed by atoms with Crippen LogP contribution in [0.2, 0.25) is 0 Å². The number of hydrogen-bond acceptors (Lipinski definition) is 7. The Balaban J connectivity index is 1.64. The van der Waals surface area contributed by atoms with Crippen molar-refractivity contribution in [3.8, 4) is 11.5 Å². The quantitative estimate of drug-likeness (QED) is 0.903. The van der Waals surface area contributed by atoms with Crippen molar-refractivity contribution in [3.05, 3.63) is 24.5 Å². The summed E-state index contributed by atoms with van der Waals surface area (Å²) in [6.07, 6.45) is 6.04. The van der Waals surface area contributed by atoms with Gasteiger partial charge in [0.25, 0.3) is 0 Å². The van der Waals surface area contributed by atoms with Gasteiger partial charge in [-0.1, -0.05) is 25.9 Å². The first-order valence-electron chi connectivity index (χ1n) is 8.41. The van der Waals surface area contributed by atoms with E-state index in [1.807, 2.05) is 7.05 Å². The maximum atomic E-state index is 12.2. The first-order valence-corrected chi connectivity index (χ1v) is 8.41. The average Bonchev–Trinajstić information content (AvgIpc) is 3.13. The normalized spacial score (nSPS) is 21.4. The number of rotatable bonds is 4. The van der Waals surface area contributed by atoms with Gasteiger partial charge >= 0.3 is 0 Å². The van der Waals surface area contributed by atoms with E-state index in [-0.39, 0.29) is 23.4 Å².